The SMILES string of the molecule is CCNc1nc(N[C@H](CC2CCCCC2)C(=O)NCc2cc[n+](O)cc2)cc(-n2cccc2)n1. The van der Waals surface area contributed by atoms with Crippen LogP contribution in [-0.4, -0.2) is 38.2 Å². The Hall–Kier alpha value is -3.62. The molecule has 3 aromatic rings. The second kappa shape index (κ2) is 11.5. The number of anilines is 2. The largest absolute Gasteiger partial charge is 0.358 e. The lowest BCUT2D eigenvalue weighted by atomic mass is 9.84. The van der Waals surface area contributed by atoms with Gasteiger partial charge in [-0.05, 0) is 37.0 Å². The number of rotatable bonds is 10. The molecule has 1 aliphatic carbocycles. The quantitative estimate of drug-likeness (QED) is 0.271. The molecule has 0 radical (unpaired) electrons. The van der Waals surface area contributed by atoms with Gasteiger partial charge in [-0.15, -0.1) is 0 Å². The Kier molecular flexibility index (Phi) is 7.95. The molecule has 34 heavy (non-hydrogen) atoms. The van der Waals surface area contributed by atoms with Crippen LogP contribution in [0.2, 0.25) is 0 Å². The van der Waals surface area contributed by atoms with Crippen molar-refractivity contribution in [2.75, 3.05) is 17.2 Å². The maximum Gasteiger partial charge on any atom is 0.242 e. The summed E-state index contributed by atoms with van der Waals surface area (Å²) in [7, 11) is 0. The van der Waals surface area contributed by atoms with Crippen molar-refractivity contribution in [2.45, 2.75) is 58.0 Å². The minimum atomic E-state index is -0.406. The smallest absolute Gasteiger partial charge is 0.242 e. The molecule has 180 valence electrons. The molecule has 0 aromatic carbocycles. The van der Waals surface area contributed by atoms with Gasteiger partial charge in [0.25, 0.3) is 0 Å². The molecule has 3 heterocycles. The fraction of sp³-hybridized carbons (Fsp3) is 0.440. The number of carbonyl (C=O) groups is 1. The Morgan fingerprint density at radius 2 is 1.91 bits per heavy atom. The van der Waals surface area contributed by atoms with Crippen LogP contribution >= 0.6 is 0 Å². The predicted octanol–water partition coefficient (Wildman–Crippen LogP) is 3.29. The molecule has 0 aliphatic heterocycles. The molecular formula is C25H34N7O2+. The molecule has 3 aromatic heterocycles. The minimum Gasteiger partial charge on any atom is -0.358 e. The Balaban J connectivity index is 1.53. The van der Waals surface area contributed by atoms with Crippen LogP contribution in [0.4, 0.5) is 11.8 Å². The van der Waals surface area contributed by atoms with Gasteiger partial charge in [0, 0.05) is 48.4 Å². The zero-order valence-corrected chi connectivity index (χ0v) is 19.7. The number of carbonyl (C=O) groups excluding carboxylic acids is 1. The first kappa shape index (κ1) is 23.5. The topological polar surface area (TPSA) is 108 Å². The van der Waals surface area contributed by atoms with Gasteiger partial charge in [0.05, 0.1) is 0 Å². The average Bonchev–Trinajstić information content (AvgIpc) is 3.39. The molecule has 9 heteroatoms. The van der Waals surface area contributed by atoms with Gasteiger partial charge in [-0.3, -0.25) is 10.0 Å². The van der Waals surface area contributed by atoms with Gasteiger partial charge < -0.3 is 20.5 Å². The summed E-state index contributed by atoms with van der Waals surface area (Å²) in [4.78, 5) is 22.5. The summed E-state index contributed by atoms with van der Waals surface area (Å²) in [5.41, 5.74) is 0.918. The van der Waals surface area contributed by atoms with E-state index in [1.807, 2.05) is 42.1 Å². The number of pyridine rings is 1. The highest BCUT2D eigenvalue weighted by Crippen LogP contribution is 2.28. The first-order valence-electron chi connectivity index (χ1n) is 12.1. The van der Waals surface area contributed by atoms with Crippen molar-refractivity contribution >= 4 is 17.7 Å². The minimum absolute atomic E-state index is 0.0579. The van der Waals surface area contributed by atoms with E-state index in [1.54, 1.807) is 24.5 Å². The number of nitrogens with one attached hydrogen (secondary N) is 3. The van der Waals surface area contributed by atoms with Crippen molar-refractivity contribution in [3.63, 3.8) is 0 Å². The highest BCUT2D eigenvalue weighted by Gasteiger charge is 2.25. The Morgan fingerprint density at radius 3 is 2.62 bits per heavy atom. The number of hydrogen-bond acceptors (Lipinski definition) is 6. The first-order valence-corrected chi connectivity index (χ1v) is 12.1. The van der Waals surface area contributed by atoms with Crippen LogP contribution in [0.3, 0.4) is 0 Å². The Bertz CT molecular complexity index is 1050. The summed E-state index contributed by atoms with van der Waals surface area (Å²) < 4.78 is 2.91. The van der Waals surface area contributed by atoms with Crippen LogP contribution in [0.25, 0.3) is 5.82 Å². The first-order chi connectivity index (χ1) is 16.6. The van der Waals surface area contributed by atoms with Crippen LogP contribution in [0.1, 0.15) is 51.0 Å². The molecule has 0 saturated heterocycles. The standard InChI is InChI=1S/C25H33N7O2/c1-2-26-25-29-22(17-23(30-25)31-12-6-7-13-31)28-21(16-19-8-4-3-5-9-19)24(33)27-18-20-10-14-32(34)15-11-20/h6-7,10-15,17,19,21H,2-5,8-9,16,18H2,1H3,(H3-,26,27,28,29,30,33,34)/p+1/t21-/m1/s1. The zero-order chi connectivity index (χ0) is 23.8. The molecule has 1 fully saturated rings. The third kappa shape index (κ3) is 6.46. The van der Waals surface area contributed by atoms with Gasteiger partial charge in [-0.2, -0.15) is 9.97 Å². The van der Waals surface area contributed by atoms with Gasteiger partial charge >= 0.3 is 0 Å². The van der Waals surface area contributed by atoms with Gasteiger partial charge in [-0.1, -0.05) is 32.1 Å². The molecule has 9 nitrogen and oxygen atoms in total. The summed E-state index contributed by atoms with van der Waals surface area (Å²) in [6, 6.07) is 8.92. The number of nitrogens with zero attached hydrogens (tertiary/aromatic N) is 4. The van der Waals surface area contributed by atoms with Gasteiger partial charge in [0.15, 0.2) is 0 Å². The fourth-order valence-corrected chi connectivity index (χ4v) is 4.41. The van der Waals surface area contributed by atoms with Crippen LogP contribution in [0, 0.1) is 5.92 Å². The average molecular weight is 465 g/mol. The second-order valence-corrected chi connectivity index (χ2v) is 8.80. The predicted molar refractivity (Wildman–Crippen MR) is 130 cm³/mol. The maximum atomic E-state index is 13.3. The highest BCUT2D eigenvalue weighted by atomic mass is 16.5. The Labute approximate surface area is 200 Å². The molecule has 1 atom stereocenters. The molecule has 4 N–H and O–H groups in total. The van der Waals surface area contributed by atoms with E-state index < -0.39 is 6.04 Å². The molecule has 1 amide bonds. The maximum absolute atomic E-state index is 13.3. The van der Waals surface area contributed by atoms with E-state index in [0.717, 1.165) is 35.4 Å². The Morgan fingerprint density at radius 1 is 1.18 bits per heavy atom. The van der Waals surface area contributed by atoms with Crippen LogP contribution in [0.5, 0.6) is 0 Å². The van der Waals surface area contributed by atoms with Crippen molar-refractivity contribution in [3.8, 4) is 5.82 Å². The normalized spacial score (nSPS) is 15.0. The van der Waals surface area contributed by atoms with Crippen molar-refractivity contribution in [1.82, 2.24) is 19.9 Å². The fourth-order valence-electron chi connectivity index (χ4n) is 4.41. The zero-order valence-electron chi connectivity index (χ0n) is 19.7. The molecule has 1 saturated carbocycles. The van der Waals surface area contributed by atoms with E-state index in [0.29, 0.717) is 30.8 Å². The molecule has 0 bridgehead atoms. The molecular weight excluding hydrogens is 430 g/mol. The van der Waals surface area contributed by atoms with Crippen LogP contribution in [-0.2, 0) is 11.3 Å². The van der Waals surface area contributed by atoms with E-state index in [2.05, 4.69) is 25.9 Å². The van der Waals surface area contributed by atoms with Crippen molar-refractivity contribution in [2.24, 2.45) is 5.92 Å². The monoisotopic (exact) mass is 464 g/mol. The summed E-state index contributed by atoms with van der Waals surface area (Å²) in [6.07, 6.45) is 13.8. The molecule has 0 unspecified atom stereocenters. The van der Waals surface area contributed by atoms with E-state index in [9.17, 15) is 10.0 Å². The lowest BCUT2D eigenvalue weighted by Crippen LogP contribution is -2.41. The molecule has 1 aliphatic rings. The van der Waals surface area contributed by atoms with E-state index in [-0.39, 0.29) is 5.91 Å². The summed E-state index contributed by atoms with van der Waals surface area (Å²) in [5, 5.41) is 19.1. The number of hydrogen-bond donors (Lipinski definition) is 4. The second-order valence-electron chi connectivity index (χ2n) is 8.80. The highest BCUT2D eigenvalue weighted by molar-refractivity contribution is 5.84. The van der Waals surface area contributed by atoms with E-state index in [1.165, 1.54) is 19.3 Å². The number of aromatic nitrogens is 4. The van der Waals surface area contributed by atoms with Gasteiger partial charge in [0.1, 0.15) is 17.7 Å². The molecule has 0 spiro atoms. The van der Waals surface area contributed by atoms with Crippen molar-refractivity contribution < 1.29 is 14.7 Å². The molecule has 4 rings (SSSR count). The van der Waals surface area contributed by atoms with Gasteiger partial charge in [0.2, 0.25) is 24.2 Å². The summed E-state index contributed by atoms with van der Waals surface area (Å²) in [6.45, 7) is 3.09. The summed E-state index contributed by atoms with van der Waals surface area (Å²) >= 11 is 0. The van der Waals surface area contributed by atoms with Crippen molar-refractivity contribution in [3.05, 3.63) is 60.7 Å². The van der Waals surface area contributed by atoms with Crippen molar-refractivity contribution in [1.29, 1.82) is 0 Å². The summed E-state index contributed by atoms with van der Waals surface area (Å²) in [5.74, 6) is 2.33. The third-order valence-corrected chi connectivity index (χ3v) is 6.20. The van der Waals surface area contributed by atoms with Gasteiger partial charge in [-0.25, -0.2) is 0 Å². The van der Waals surface area contributed by atoms with E-state index in [4.69, 9.17) is 0 Å². The van der Waals surface area contributed by atoms with Crippen LogP contribution < -0.4 is 20.7 Å². The number of amides is 1. The van der Waals surface area contributed by atoms with Crippen LogP contribution in [0.15, 0.2) is 55.1 Å². The third-order valence-electron chi connectivity index (χ3n) is 6.20. The lowest BCUT2D eigenvalue weighted by Gasteiger charge is -2.27. The van der Waals surface area contributed by atoms with E-state index >= 15 is 0 Å². The lowest BCUT2D eigenvalue weighted by molar-refractivity contribution is -0.904.